The number of anilines is 1. The Morgan fingerprint density at radius 1 is 1.33 bits per heavy atom. The normalized spacial score (nSPS) is 10.1. The van der Waals surface area contributed by atoms with Crippen molar-refractivity contribution in [3.05, 3.63) is 38.8 Å². The van der Waals surface area contributed by atoms with Crippen LogP contribution in [0.2, 0.25) is 0 Å². The van der Waals surface area contributed by atoms with E-state index >= 15 is 0 Å². The minimum atomic E-state index is 0.816. The second-order valence-electron chi connectivity index (χ2n) is 3.56. The lowest BCUT2D eigenvalue weighted by Gasteiger charge is -2.12. The summed E-state index contributed by atoms with van der Waals surface area (Å²) in [4.78, 5) is 0. The third-order valence-electron chi connectivity index (χ3n) is 2.20. The Labute approximate surface area is 108 Å². The van der Waals surface area contributed by atoms with Gasteiger partial charge in [0, 0.05) is 15.5 Å². The Morgan fingerprint density at radius 3 is 2.33 bits per heavy atom. The summed E-state index contributed by atoms with van der Waals surface area (Å²) >= 11 is 7.10. The van der Waals surface area contributed by atoms with E-state index in [1.807, 2.05) is 0 Å². The van der Waals surface area contributed by atoms with E-state index in [-0.39, 0.29) is 0 Å². The van der Waals surface area contributed by atoms with Gasteiger partial charge in [-0.2, -0.15) is 0 Å². The van der Waals surface area contributed by atoms with E-state index in [1.165, 1.54) is 11.1 Å². The average Bonchev–Trinajstić information content (AvgIpc) is 2.15. The van der Waals surface area contributed by atoms with Crippen molar-refractivity contribution in [1.82, 2.24) is 0 Å². The molecule has 0 unspecified atom stereocenters. The molecule has 1 N–H and O–H groups in total. The molecule has 82 valence electrons. The van der Waals surface area contributed by atoms with Gasteiger partial charge < -0.3 is 5.32 Å². The molecule has 0 radical (unpaired) electrons. The summed E-state index contributed by atoms with van der Waals surface area (Å²) in [5, 5.41) is 3.37. The van der Waals surface area contributed by atoms with Crippen LogP contribution in [-0.2, 0) is 0 Å². The molecule has 3 heteroatoms. The minimum absolute atomic E-state index is 0.816. The SMILES string of the molecule is C=C(CC)CNc1c(Br)cc(C)cc1Br. The lowest BCUT2D eigenvalue weighted by molar-refractivity contribution is 1.05. The van der Waals surface area contributed by atoms with Crippen LogP contribution in [-0.4, -0.2) is 6.54 Å². The van der Waals surface area contributed by atoms with Crippen molar-refractivity contribution in [1.29, 1.82) is 0 Å². The average molecular weight is 333 g/mol. The molecule has 15 heavy (non-hydrogen) atoms. The van der Waals surface area contributed by atoms with Crippen LogP contribution < -0.4 is 5.32 Å². The summed E-state index contributed by atoms with van der Waals surface area (Å²) in [6, 6.07) is 4.20. The van der Waals surface area contributed by atoms with E-state index in [2.05, 4.69) is 69.7 Å². The summed E-state index contributed by atoms with van der Waals surface area (Å²) in [6.07, 6.45) is 1.01. The van der Waals surface area contributed by atoms with Crippen LogP contribution in [0.15, 0.2) is 33.2 Å². The number of hydrogen-bond donors (Lipinski definition) is 1. The van der Waals surface area contributed by atoms with Gasteiger partial charge in [0.2, 0.25) is 0 Å². The van der Waals surface area contributed by atoms with Crippen molar-refractivity contribution >= 4 is 37.5 Å². The fourth-order valence-electron chi connectivity index (χ4n) is 1.21. The van der Waals surface area contributed by atoms with E-state index in [9.17, 15) is 0 Å². The third-order valence-corrected chi connectivity index (χ3v) is 3.45. The molecule has 1 nitrogen and oxygen atoms in total. The highest BCUT2D eigenvalue weighted by Gasteiger charge is 2.05. The highest BCUT2D eigenvalue weighted by molar-refractivity contribution is 9.11. The number of rotatable bonds is 4. The number of halogens is 2. The molecule has 0 saturated heterocycles. The highest BCUT2D eigenvalue weighted by atomic mass is 79.9. The Bertz CT molecular complexity index is 349. The van der Waals surface area contributed by atoms with E-state index in [4.69, 9.17) is 0 Å². The summed E-state index contributed by atoms with van der Waals surface area (Å²) < 4.78 is 2.16. The van der Waals surface area contributed by atoms with Gasteiger partial charge in [0.15, 0.2) is 0 Å². The van der Waals surface area contributed by atoms with Gasteiger partial charge in [0.1, 0.15) is 0 Å². The van der Waals surface area contributed by atoms with Gasteiger partial charge in [-0.1, -0.05) is 19.1 Å². The van der Waals surface area contributed by atoms with Crippen molar-refractivity contribution in [2.45, 2.75) is 20.3 Å². The molecule has 0 saturated carbocycles. The number of benzene rings is 1. The standard InChI is InChI=1S/C12H15Br2N/c1-4-8(2)7-15-12-10(13)5-9(3)6-11(12)14/h5-6,15H,2,4,7H2,1,3H3. The van der Waals surface area contributed by atoms with Crippen LogP contribution in [0.1, 0.15) is 18.9 Å². The molecule has 0 heterocycles. The van der Waals surface area contributed by atoms with Crippen molar-refractivity contribution in [3.63, 3.8) is 0 Å². The minimum Gasteiger partial charge on any atom is -0.379 e. The quantitative estimate of drug-likeness (QED) is 0.773. The first-order valence-corrected chi connectivity index (χ1v) is 6.49. The largest absolute Gasteiger partial charge is 0.379 e. The zero-order valence-corrected chi connectivity index (χ0v) is 12.2. The van der Waals surface area contributed by atoms with E-state index in [1.54, 1.807) is 0 Å². The van der Waals surface area contributed by atoms with Gasteiger partial charge in [-0.3, -0.25) is 0 Å². The fraction of sp³-hybridized carbons (Fsp3) is 0.333. The molecule has 0 aromatic heterocycles. The van der Waals surface area contributed by atoms with E-state index < -0.39 is 0 Å². The van der Waals surface area contributed by atoms with Crippen molar-refractivity contribution in [3.8, 4) is 0 Å². The predicted molar refractivity (Wildman–Crippen MR) is 74.5 cm³/mol. The molecule has 0 amide bonds. The molecule has 1 aromatic rings. The first-order valence-electron chi connectivity index (χ1n) is 4.90. The van der Waals surface area contributed by atoms with E-state index in [0.29, 0.717) is 0 Å². The van der Waals surface area contributed by atoms with Gasteiger partial charge in [-0.25, -0.2) is 0 Å². The summed E-state index contributed by atoms with van der Waals surface area (Å²) in [7, 11) is 0. The monoisotopic (exact) mass is 331 g/mol. The maximum Gasteiger partial charge on any atom is 0.0631 e. The van der Waals surface area contributed by atoms with E-state index in [0.717, 1.165) is 27.6 Å². The molecule has 0 aliphatic heterocycles. The van der Waals surface area contributed by atoms with Crippen LogP contribution in [0.3, 0.4) is 0 Å². The molecule has 0 aliphatic carbocycles. The Morgan fingerprint density at radius 2 is 1.87 bits per heavy atom. The van der Waals surface area contributed by atoms with Crippen molar-refractivity contribution in [2.24, 2.45) is 0 Å². The second-order valence-corrected chi connectivity index (χ2v) is 5.27. The lowest BCUT2D eigenvalue weighted by atomic mass is 10.2. The van der Waals surface area contributed by atoms with Crippen LogP contribution in [0, 0.1) is 6.92 Å². The zero-order chi connectivity index (χ0) is 11.4. The van der Waals surface area contributed by atoms with Gasteiger partial charge >= 0.3 is 0 Å². The molecule has 1 aromatic carbocycles. The Hall–Kier alpha value is -0.280. The second kappa shape index (κ2) is 5.71. The molecular formula is C12H15Br2N. The smallest absolute Gasteiger partial charge is 0.0631 e. The topological polar surface area (TPSA) is 12.0 Å². The molecular weight excluding hydrogens is 318 g/mol. The number of nitrogens with one attached hydrogen (secondary N) is 1. The Kier molecular flexibility index (Phi) is 4.87. The third kappa shape index (κ3) is 3.65. The van der Waals surface area contributed by atoms with Crippen molar-refractivity contribution in [2.75, 3.05) is 11.9 Å². The zero-order valence-electron chi connectivity index (χ0n) is 9.03. The highest BCUT2D eigenvalue weighted by Crippen LogP contribution is 2.32. The fourth-order valence-corrected chi connectivity index (χ4v) is 2.90. The first kappa shape index (κ1) is 12.8. The van der Waals surface area contributed by atoms with Gasteiger partial charge in [-0.05, 0) is 62.9 Å². The number of hydrogen-bond acceptors (Lipinski definition) is 1. The summed E-state index contributed by atoms with van der Waals surface area (Å²) in [5.74, 6) is 0. The maximum atomic E-state index is 3.97. The molecule has 0 aliphatic rings. The predicted octanol–water partition coefficient (Wildman–Crippen LogP) is 4.90. The number of aryl methyl sites for hydroxylation is 1. The van der Waals surface area contributed by atoms with Gasteiger partial charge in [0.25, 0.3) is 0 Å². The van der Waals surface area contributed by atoms with Crippen LogP contribution in [0.25, 0.3) is 0 Å². The maximum absolute atomic E-state index is 3.97. The Balaban J connectivity index is 2.81. The molecule has 0 atom stereocenters. The molecule has 0 fully saturated rings. The molecule has 1 rings (SSSR count). The first-order chi connectivity index (χ1) is 7.04. The summed E-state index contributed by atoms with van der Waals surface area (Å²) in [5.41, 5.74) is 3.53. The van der Waals surface area contributed by atoms with Crippen molar-refractivity contribution < 1.29 is 0 Å². The van der Waals surface area contributed by atoms with Gasteiger partial charge in [-0.15, -0.1) is 0 Å². The van der Waals surface area contributed by atoms with Crippen LogP contribution in [0.5, 0.6) is 0 Å². The summed E-state index contributed by atoms with van der Waals surface area (Å²) in [6.45, 7) is 8.98. The lowest BCUT2D eigenvalue weighted by Crippen LogP contribution is -2.04. The molecule has 0 bridgehead atoms. The van der Waals surface area contributed by atoms with Crippen LogP contribution in [0.4, 0.5) is 5.69 Å². The van der Waals surface area contributed by atoms with Gasteiger partial charge in [0.05, 0.1) is 5.69 Å². The molecule has 0 spiro atoms. The van der Waals surface area contributed by atoms with Crippen LogP contribution >= 0.6 is 31.9 Å².